The van der Waals surface area contributed by atoms with Gasteiger partial charge in [-0.1, -0.05) is 0 Å². The van der Waals surface area contributed by atoms with E-state index in [1.165, 1.54) is 4.88 Å². The van der Waals surface area contributed by atoms with E-state index in [1.54, 1.807) is 11.3 Å². The summed E-state index contributed by atoms with van der Waals surface area (Å²) >= 11 is 1.78. The number of hydrogen-bond acceptors (Lipinski definition) is 3. The highest BCUT2D eigenvalue weighted by atomic mass is 32.1. The zero-order valence-corrected chi connectivity index (χ0v) is 8.20. The molecule has 66 valence electrons. The Labute approximate surface area is 76.6 Å². The fourth-order valence-electron chi connectivity index (χ4n) is 1.39. The quantitative estimate of drug-likeness (QED) is 0.715. The largest absolute Gasteiger partial charge is 0.491 e. The molecule has 2 heterocycles. The first-order valence-electron chi connectivity index (χ1n) is 4.12. The monoisotopic (exact) mass is 183 g/mol. The third-order valence-corrected chi connectivity index (χ3v) is 3.31. The van der Waals surface area contributed by atoms with E-state index < -0.39 is 0 Å². The normalized spacial score (nSPS) is 27.8. The SMILES string of the molecule is CNC1(C)COc2ccsc2C1. The summed E-state index contributed by atoms with van der Waals surface area (Å²) in [5, 5.41) is 5.38. The minimum Gasteiger partial charge on any atom is -0.491 e. The van der Waals surface area contributed by atoms with Gasteiger partial charge in [-0.15, -0.1) is 11.3 Å². The molecular weight excluding hydrogens is 170 g/mol. The molecule has 2 rings (SSSR count). The van der Waals surface area contributed by atoms with Gasteiger partial charge in [-0.3, -0.25) is 0 Å². The van der Waals surface area contributed by atoms with Crippen molar-refractivity contribution < 1.29 is 4.74 Å². The number of thiophene rings is 1. The van der Waals surface area contributed by atoms with Crippen LogP contribution < -0.4 is 10.1 Å². The molecule has 1 unspecified atom stereocenters. The lowest BCUT2D eigenvalue weighted by atomic mass is 9.96. The van der Waals surface area contributed by atoms with Crippen molar-refractivity contribution in [2.45, 2.75) is 18.9 Å². The molecule has 0 spiro atoms. The average molecular weight is 183 g/mol. The molecule has 12 heavy (non-hydrogen) atoms. The van der Waals surface area contributed by atoms with Crippen molar-refractivity contribution in [3.63, 3.8) is 0 Å². The lowest BCUT2D eigenvalue weighted by Gasteiger charge is -2.32. The maximum Gasteiger partial charge on any atom is 0.133 e. The Balaban J connectivity index is 2.25. The van der Waals surface area contributed by atoms with Crippen LogP contribution in [0.4, 0.5) is 0 Å². The Morgan fingerprint density at radius 3 is 3.25 bits per heavy atom. The van der Waals surface area contributed by atoms with Crippen molar-refractivity contribution in [3.05, 3.63) is 16.3 Å². The molecule has 3 heteroatoms. The van der Waals surface area contributed by atoms with E-state index in [9.17, 15) is 0 Å². The zero-order valence-electron chi connectivity index (χ0n) is 7.39. The highest BCUT2D eigenvalue weighted by Crippen LogP contribution is 2.33. The number of rotatable bonds is 1. The minimum absolute atomic E-state index is 0.123. The maximum absolute atomic E-state index is 5.62. The minimum atomic E-state index is 0.123. The lowest BCUT2D eigenvalue weighted by Crippen LogP contribution is -2.49. The molecule has 0 bridgehead atoms. The van der Waals surface area contributed by atoms with Gasteiger partial charge in [0.25, 0.3) is 0 Å². The van der Waals surface area contributed by atoms with E-state index in [2.05, 4.69) is 23.7 Å². The second kappa shape index (κ2) is 2.75. The van der Waals surface area contributed by atoms with Crippen LogP contribution in [0.1, 0.15) is 11.8 Å². The number of hydrogen-bond donors (Lipinski definition) is 1. The molecule has 1 atom stereocenters. The van der Waals surface area contributed by atoms with Crippen LogP contribution in [0.15, 0.2) is 11.4 Å². The van der Waals surface area contributed by atoms with Crippen LogP contribution in [0.5, 0.6) is 5.75 Å². The molecule has 0 saturated heterocycles. The van der Waals surface area contributed by atoms with Crippen molar-refractivity contribution in [2.24, 2.45) is 0 Å². The van der Waals surface area contributed by atoms with E-state index in [0.29, 0.717) is 0 Å². The van der Waals surface area contributed by atoms with Gasteiger partial charge in [0.1, 0.15) is 12.4 Å². The Bertz CT molecular complexity index is 284. The second-order valence-corrected chi connectivity index (χ2v) is 4.48. The Hall–Kier alpha value is -0.540. The van der Waals surface area contributed by atoms with Gasteiger partial charge < -0.3 is 10.1 Å². The first-order valence-corrected chi connectivity index (χ1v) is 4.99. The van der Waals surface area contributed by atoms with E-state index in [1.807, 2.05) is 7.05 Å². The van der Waals surface area contributed by atoms with Crippen molar-refractivity contribution in [2.75, 3.05) is 13.7 Å². The molecule has 0 amide bonds. The van der Waals surface area contributed by atoms with Crippen LogP contribution in [0.2, 0.25) is 0 Å². The summed E-state index contributed by atoms with van der Waals surface area (Å²) in [6.45, 7) is 2.96. The van der Waals surface area contributed by atoms with Gasteiger partial charge in [0.05, 0.1) is 5.54 Å². The van der Waals surface area contributed by atoms with Gasteiger partial charge in [-0.25, -0.2) is 0 Å². The summed E-state index contributed by atoms with van der Waals surface area (Å²) < 4.78 is 5.62. The third kappa shape index (κ3) is 1.23. The van der Waals surface area contributed by atoms with E-state index in [0.717, 1.165) is 18.8 Å². The molecule has 1 aliphatic heterocycles. The standard InChI is InChI=1S/C9H13NOS/c1-9(10-2)5-8-7(11-6-9)3-4-12-8/h3-4,10H,5-6H2,1-2H3. The third-order valence-electron chi connectivity index (χ3n) is 2.41. The molecule has 0 aromatic carbocycles. The molecule has 1 N–H and O–H groups in total. The predicted octanol–water partition coefficient (Wildman–Crippen LogP) is 1.66. The molecule has 1 aromatic heterocycles. The van der Waals surface area contributed by atoms with E-state index >= 15 is 0 Å². The lowest BCUT2D eigenvalue weighted by molar-refractivity contribution is 0.180. The van der Waals surface area contributed by atoms with Crippen molar-refractivity contribution in [1.82, 2.24) is 5.32 Å². The van der Waals surface area contributed by atoms with E-state index in [-0.39, 0.29) is 5.54 Å². The summed E-state index contributed by atoms with van der Waals surface area (Å²) in [6, 6.07) is 2.05. The highest BCUT2D eigenvalue weighted by molar-refractivity contribution is 7.10. The fraction of sp³-hybridized carbons (Fsp3) is 0.556. The van der Waals surface area contributed by atoms with Gasteiger partial charge in [0, 0.05) is 11.3 Å². The smallest absolute Gasteiger partial charge is 0.133 e. The second-order valence-electron chi connectivity index (χ2n) is 3.48. The van der Waals surface area contributed by atoms with Gasteiger partial charge in [0.15, 0.2) is 0 Å². The molecule has 0 saturated carbocycles. The fourth-order valence-corrected chi connectivity index (χ4v) is 2.39. The first-order chi connectivity index (χ1) is 5.73. The molecule has 0 radical (unpaired) electrons. The van der Waals surface area contributed by atoms with Gasteiger partial charge in [-0.2, -0.15) is 0 Å². The molecule has 1 aromatic rings. The van der Waals surface area contributed by atoms with Gasteiger partial charge in [0.2, 0.25) is 0 Å². The van der Waals surface area contributed by atoms with Crippen LogP contribution in [0.3, 0.4) is 0 Å². The highest BCUT2D eigenvalue weighted by Gasteiger charge is 2.30. The number of ether oxygens (including phenoxy) is 1. The van der Waals surface area contributed by atoms with Crippen LogP contribution in [0, 0.1) is 0 Å². The van der Waals surface area contributed by atoms with Crippen LogP contribution in [0.25, 0.3) is 0 Å². The van der Waals surface area contributed by atoms with Crippen LogP contribution >= 0.6 is 11.3 Å². The molecule has 2 nitrogen and oxygen atoms in total. The zero-order chi connectivity index (χ0) is 8.60. The van der Waals surface area contributed by atoms with Crippen LogP contribution in [-0.2, 0) is 6.42 Å². The topological polar surface area (TPSA) is 21.3 Å². The molecule has 0 fully saturated rings. The van der Waals surface area contributed by atoms with Crippen molar-refractivity contribution in [1.29, 1.82) is 0 Å². The summed E-state index contributed by atoms with van der Waals surface area (Å²) in [7, 11) is 1.99. The Kier molecular flexibility index (Phi) is 1.85. The summed E-state index contributed by atoms with van der Waals surface area (Å²) in [6.07, 6.45) is 1.08. The number of likely N-dealkylation sites (N-methyl/N-ethyl adjacent to an activating group) is 1. The number of nitrogens with one attached hydrogen (secondary N) is 1. The van der Waals surface area contributed by atoms with Crippen LogP contribution in [-0.4, -0.2) is 19.2 Å². The average Bonchev–Trinajstić information content (AvgIpc) is 2.51. The van der Waals surface area contributed by atoms with Crippen molar-refractivity contribution >= 4 is 11.3 Å². The summed E-state index contributed by atoms with van der Waals surface area (Å²) in [5.74, 6) is 1.08. The van der Waals surface area contributed by atoms with Crippen molar-refractivity contribution in [3.8, 4) is 5.75 Å². The Morgan fingerprint density at radius 1 is 1.67 bits per heavy atom. The predicted molar refractivity (Wildman–Crippen MR) is 51.0 cm³/mol. The summed E-state index contributed by atoms with van der Waals surface area (Å²) in [5.41, 5.74) is 0.123. The number of fused-ring (bicyclic) bond motifs is 1. The molecule has 1 aliphatic rings. The Morgan fingerprint density at radius 2 is 2.50 bits per heavy atom. The van der Waals surface area contributed by atoms with Gasteiger partial charge >= 0.3 is 0 Å². The molecule has 0 aliphatic carbocycles. The first kappa shape index (κ1) is 8.08. The van der Waals surface area contributed by atoms with Gasteiger partial charge in [-0.05, 0) is 25.4 Å². The maximum atomic E-state index is 5.62. The molecular formula is C9H13NOS. The summed E-state index contributed by atoms with van der Waals surface area (Å²) in [4.78, 5) is 1.36. The van der Waals surface area contributed by atoms with E-state index in [4.69, 9.17) is 4.74 Å².